The maximum atomic E-state index is 14.7. The molecule has 0 aliphatic heterocycles. The first-order valence-corrected chi connectivity index (χ1v) is 11.8. The number of benzene rings is 2. The van der Waals surface area contributed by atoms with Crippen molar-refractivity contribution in [3.05, 3.63) is 59.4 Å². The van der Waals surface area contributed by atoms with E-state index in [9.17, 15) is 13.6 Å². The summed E-state index contributed by atoms with van der Waals surface area (Å²) in [4.78, 5) is 11.8. The average Bonchev–Trinajstić information content (AvgIpc) is 3.68. The fourth-order valence-electron chi connectivity index (χ4n) is 5.02. The van der Waals surface area contributed by atoms with Gasteiger partial charge in [0.15, 0.2) is 0 Å². The van der Waals surface area contributed by atoms with Crippen LogP contribution in [0.3, 0.4) is 0 Å². The number of hydrogen-bond acceptors (Lipinski definition) is 4. The topological polar surface area (TPSA) is 44.8 Å². The van der Waals surface area contributed by atoms with Crippen LogP contribution in [-0.2, 0) is 9.53 Å². The number of esters is 1. The Labute approximate surface area is 194 Å². The van der Waals surface area contributed by atoms with E-state index in [2.05, 4.69) is 4.74 Å². The van der Waals surface area contributed by atoms with Gasteiger partial charge in [0.2, 0.25) is 6.17 Å². The molecule has 4 rings (SSSR count). The lowest BCUT2D eigenvalue weighted by Gasteiger charge is -2.29. The summed E-state index contributed by atoms with van der Waals surface area (Å²) < 4.78 is 45.0. The fraction of sp³-hybridized carbons (Fsp3) is 0.519. The molecule has 0 amide bonds. The van der Waals surface area contributed by atoms with E-state index in [0.717, 1.165) is 49.7 Å². The highest BCUT2D eigenvalue weighted by Crippen LogP contribution is 2.46. The van der Waals surface area contributed by atoms with Crippen LogP contribution in [0.2, 0.25) is 0 Å². The summed E-state index contributed by atoms with van der Waals surface area (Å²) in [7, 11) is 2.81. The predicted octanol–water partition coefficient (Wildman–Crippen LogP) is 6.19. The van der Waals surface area contributed by atoms with E-state index in [1.807, 2.05) is 30.3 Å². The Balaban J connectivity index is 1.34. The van der Waals surface area contributed by atoms with Crippen molar-refractivity contribution in [2.75, 3.05) is 20.8 Å². The Morgan fingerprint density at radius 3 is 2.42 bits per heavy atom. The molecule has 0 heterocycles. The molecule has 0 bridgehead atoms. The molecule has 0 unspecified atom stereocenters. The van der Waals surface area contributed by atoms with Gasteiger partial charge in [-0.3, -0.25) is 0 Å². The lowest BCUT2D eigenvalue weighted by atomic mass is 9.79. The van der Waals surface area contributed by atoms with Gasteiger partial charge in [-0.2, -0.15) is 0 Å². The normalized spacial score (nSPS) is 22.3. The van der Waals surface area contributed by atoms with Crippen molar-refractivity contribution in [2.24, 2.45) is 11.8 Å². The smallest absolute Gasteiger partial charge is 0.341 e. The summed E-state index contributed by atoms with van der Waals surface area (Å²) in [6.07, 6.45) is 3.91. The Morgan fingerprint density at radius 1 is 1.00 bits per heavy atom. The molecule has 0 saturated heterocycles. The van der Waals surface area contributed by atoms with Gasteiger partial charge in [0.1, 0.15) is 17.3 Å². The van der Waals surface area contributed by atoms with Crippen LogP contribution in [0, 0.1) is 17.7 Å². The van der Waals surface area contributed by atoms with Gasteiger partial charge in [0, 0.05) is 5.92 Å². The molecule has 2 aromatic carbocycles. The highest BCUT2D eigenvalue weighted by Gasteiger charge is 2.42. The summed E-state index contributed by atoms with van der Waals surface area (Å²) >= 11 is 0. The van der Waals surface area contributed by atoms with E-state index >= 15 is 0 Å². The van der Waals surface area contributed by atoms with Crippen LogP contribution < -0.4 is 9.47 Å². The molecule has 4 nitrogen and oxygen atoms in total. The Hall–Kier alpha value is -2.63. The summed E-state index contributed by atoms with van der Waals surface area (Å²) in [5, 5.41) is 0. The van der Waals surface area contributed by atoms with E-state index in [1.54, 1.807) is 13.2 Å². The van der Waals surface area contributed by atoms with Gasteiger partial charge in [-0.1, -0.05) is 12.1 Å². The largest absolute Gasteiger partial charge is 0.497 e. The minimum absolute atomic E-state index is 0.168. The Bertz CT molecular complexity index is 951. The Kier molecular flexibility index (Phi) is 7.51. The van der Waals surface area contributed by atoms with Crippen molar-refractivity contribution in [3.8, 4) is 11.5 Å². The third-order valence-corrected chi connectivity index (χ3v) is 7.09. The van der Waals surface area contributed by atoms with E-state index in [0.29, 0.717) is 24.0 Å². The van der Waals surface area contributed by atoms with Crippen molar-refractivity contribution in [1.82, 2.24) is 0 Å². The molecule has 0 radical (unpaired) electrons. The molecular formula is C27H32F2O4. The molecule has 0 aromatic heterocycles. The first-order valence-electron chi connectivity index (χ1n) is 11.8. The minimum Gasteiger partial charge on any atom is -0.497 e. The summed E-state index contributed by atoms with van der Waals surface area (Å²) in [6.45, 7) is 0.570. The SMILES string of the molecule is COC(=O)[C@@H](F)[C@H](c1cccc(OCC2CCC(c3cc(OC)ccc3F)CC2)c1)C1CC1. The zero-order chi connectivity index (χ0) is 23.4. The van der Waals surface area contributed by atoms with Crippen LogP contribution in [-0.4, -0.2) is 33.0 Å². The van der Waals surface area contributed by atoms with Crippen molar-refractivity contribution < 1.29 is 27.8 Å². The number of rotatable bonds is 9. The Morgan fingerprint density at radius 2 is 1.76 bits per heavy atom. The van der Waals surface area contributed by atoms with Gasteiger partial charge in [-0.05, 0) is 97.7 Å². The number of carbonyl (C=O) groups excluding carboxylic acids is 1. The van der Waals surface area contributed by atoms with Gasteiger partial charge >= 0.3 is 5.97 Å². The lowest BCUT2D eigenvalue weighted by Crippen LogP contribution is -2.26. The standard InChI is InChI=1S/C27H32F2O4/c1-31-21-12-13-24(28)23(15-21)18-8-6-17(7-9-18)16-33-22-5-3-4-20(14-22)25(19-10-11-19)26(29)27(30)32-2/h3-5,12-15,17-19,25-26H,6-11,16H2,1-2H3/t17?,18?,25-,26-/m0/s1. The van der Waals surface area contributed by atoms with Crippen LogP contribution in [0.15, 0.2) is 42.5 Å². The number of ether oxygens (including phenoxy) is 3. The molecule has 6 heteroatoms. The molecule has 178 valence electrons. The zero-order valence-electron chi connectivity index (χ0n) is 19.3. The molecule has 0 spiro atoms. The minimum atomic E-state index is -1.66. The molecule has 2 atom stereocenters. The molecule has 2 aromatic rings. The highest BCUT2D eigenvalue weighted by atomic mass is 19.1. The average molecular weight is 459 g/mol. The maximum Gasteiger partial charge on any atom is 0.341 e. The molecule has 33 heavy (non-hydrogen) atoms. The second-order valence-electron chi connectivity index (χ2n) is 9.28. The maximum absolute atomic E-state index is 14.7. The van der Waals surface area contributed by atoms with Gasteiger partial charge in [-0.25, -0.2) is 13.6 Å². The van der Waals surface area contributed by atoms with Crippen LogP contribution in [0.25, 0.3) is 0 Å². The number of hydrogen-bond donors (Lipinski definition) is 0. The quantitative estimate of drug-likeness (QED) is 0.420. The number of alkyl halides is 1. The van der Waals surface area contributed by atoms with Crippen LogP contribution >= 0.6 is 0 Å². The van der Waals surface area contributed by atoms with Gasteiger partial charge < -0.3 is 14.2 Å². The molecule has 2 saturated carbocycles. The summed E-state index contributed by atoms with van der Waals surface area (Å²) in [5.74, 6) is 0.648. The van der Waals surface area contributed by atoms with Crippen molar-refractivity contribution in [1.29, 1.82) is 0 Å². The third kappa shape index (κ3) is 5.66. The van der Waals surface area contributed by atoms with E-state index in [1.165, 1.54) is 13.2 Å². The number of carbonyl (C=O) groups is 1. The van der Waals surface area contributed by atoms with E-state index in [4.69, 9.17) is 9.47 Å². The van der Waals surface area contributed by atoms with Crippen LogP contribution in [0.5, 0.6) is 11.5 Å². The van der Waals surface area contributed by atoms with E-state index in [-0.39, 0.29) is 17.7 Å². The summed E-state index contributed by atoms with van der Waals surface area (Å²) in [5.41, 5.74) is 1.52. The van der Waals surface area contributed by atoms with Gasteiger partial charge in [0.05, 0.1) is 20.8 Å². The van der Waals surface area contributed by atoms with Crippen LogP contribution in [0.4, 0.5) is 8.78 Å². The summed E-state index contributed by atoms with van der Waals surface area (Å²) in [6, 6.07) is 12.4. The van der Waals surface area contributed by atoms with Crippen LogP contribution in [0.1, 0.15) is 61.5 Å². The first kappa shape index (κ1) is 23.5. The van der Waals surface area contributed by atoms with E-state index < -0.39 is 18.1 Å². The highest BCUT2D eigenvalue weighted by molar-refractivity contribution is 5.76. The molecule has 2 fully saturated rings. The zero-order valence-corrected chi connectivity index (χ0v) is 19.3. The van der Waals surface area contributed by atoms with Gasteiger partial charge in [-0.15, -0.1) is 0 Å². The molecular weight excluding hydrogens is 426 g/mol. The molecule has 2 aliphatic carbocycles. The second-order valence-corrected chi connectivity index (χ2v) is 9.28. The monoisotopic (exact) mass is 458 g/mol. The molecule has 2 aliphatic rings. The molecule has 0 N–H and O–H groups in total. The van der Waals surface area contributed by atoms with Gasteiger partial charge in [0.25, 0.3) is 0 Å². The lowest BCUT2D eigenvalue weighted by molar-refractivity contribution is -0.147. The first-order chi connectivity index (χ1) is 16.0. The van der Waals surface area contributed by atoms with Crippen molar-refractivity contribution in [2.45, 2.75) is 56.5 Å². The van der Waals surface area contributed by atoms with Crippen molar-refractivity contribution >= 4 is 5.97 Å². The number of methoxy groups -OCH3 is 2. The third-order valence-electron chi connectivity index (χ3n) is 7.09. The van der Waals surface area contributed by atoms with Crippen molar-refractivity contribution in [3.63, 3.8) is 0 Å². The number of halogens is 2. The fourth-order valence-corrected chi connectivity index (χ4v) is 5.02. The second kappa shape index (κ2) is 10.5. The predicted molar refractivity (Wildman–Crippen MR) is 122 cm³/mol.